The van der Waals surface area contributed by atoms with Crippen molar-refractivity contribution in [2.45, 2.75) is 31.8 Å². The van der Waals surface area contributed by atoms with Gasteiger partial charge in [0.15, 0.2) is 0 Å². The number of aryl methyl sites for hydroxylation is 1. The fourth-order valence-electron chi connectivity index (χ4n) is 3.47. The third kappa shape index (κ3) is 7.43. The lowest BCUT2D eigenvalue weighted by molar-refractivity contribution is -0.130. The lowest BCUT2D eigenvalue weighted by Gasteiger charge is -2.21. The zero-order chi connectivity index (χ0) is 22.6. The van der Waals surface area contributed by atoms with Crippen LogP contribution in [0.25, 0.3) is 0 Å². The lowest BCUT2D eigenvalue weighted by Crippen LogP contribution is -2.49. The van der Waals surface area contributed by atoms with Gasteiger partial charge in [-0.2, -0.15) is 0 Å². The second-order valence-corrected chi connectivity index (χ2v) is 7.99. The summed E-state index contributed by atoms with van der Waals surface area (Å²) < 4.78 is 0. The van der Waals surface area contributed by atoms with Crippen molar-refractivity contribution >= 4 is 29.4 Å². The van der Waals surface area contributed by atoms with Crippen molar-refractivity contribution in [2.24, 2.45) is 5.92 Å². The molecular weight excluding hydrogens is 416 g/mol. The average Bonchev–Trinajstić information content (AvgIpc) is 2.84. The van der Waals surface area contributed by atoms with E-state index in [0.29, 0.717) is 19.4 Å². The van der Waals surface area contributed by atoms with Crippen molar-refractivity contribution in [1.82, 2.24) is 10.6 Å². The molecule has 0 spiro atoms. The first-order chi connectivity index (χ1) is 15.7. The number of amides is 2. The molecule has 0 radical (unpaired) electrons. The van der Waals surface area contributed by atoms with E-state index >= 15 is 0 Å². The highest BCUT2D eigenvalue weighted by Gasteiger charge is 2.24. The van der Waals surface area contributed by atoms with Gasteiger partial charge in [0.2, 0.25) is 11.8 Å². The molecule has 0 fully saturated rings. The Labute approximate surface area is 195 Å². The monoisotopic (exact) mass is 444 g/mol. The van der Waals surface area contributed by atoms with Crippen molar-refractivity contribution in [3.63, 3.8) is 0 Å². The average molecular weight is 445 g/mol. The molecule has 2 atom stereocenters. The third-order valence-electron chi connectivity index (χ3n) is 5.31. The molecule has 0 heterocycles. The van der Waals surface area contributed by atoms with Gasteiger partial charge in [0.1, 0.15) is 6.04 Å². The first kappa shape index (κ1) is 23.4. The van der Waals surface area contributed by atoms with Gasteiger partial charge < -0.3 is 10.6 Å². The van der Waals surface area contributed by atoms with Crippen LogP contribution in [0.2, 0.25) is 0 Å². The second-order valence-electron chi connectivity index (χ2n) is 7.72. The summed E-state index contributed by atoms with van der Waals surface area (Å²) >= 11 is 5.14. The van der Waals surface area contributed by atoms with E-state index in [1.165, 1.54) is 5.37 Å². The van der Waals surface area contributed by atoms with Crippen LogP contribution in [0.5, 0.6) is 0 Å². The smallest absolute Gasteiger partial charge is 0.243 e. The molecule has 5 heteroatoms. The molecule has 0 aromatic heterocycles. The molecule has 0 aliphatic carbocycles. The van der Waals surface area contributed by atoms with Crippen molar-refractivity contribution in [3.8, 4) is 0 Å². The van der Waals surface area contributed by atoms with E-state index in [1.807, 2.05) is 91.0 Å². The summed E-state index contributed by atoms with van der Waals surface area (Å²) in [5.74, 6) is -0.866. The molecule has 0 saturated carbocycles. The predicted molar refractivity (Wildman–Crippen MR) is 132 cm³/mol. The highest BCUT2D eigenvalue weighted by molar-refractivity contribution is 7.79. The first-order valence-corrected chi connectivity index (χ1v) is 11.3. The molecule has 0 aliphatic rings. The molecule has 0 aliphatic heterocycles. The summed E-state index contributed by atoms with van der Waals surface area (Å²) in [7, 11) is 0. The van der Waals surface area contributed by atoms with Crippen LogP contribution in [-0.2, 0) is 29.0 Å². The molecular formula is C27H28N2O2S. The Morgan fingerprint density at radius 3 is 1.84 bits per heavy atom. The Balaban J connectivity index is 1.65. The zero-order valence-electron chi connectivity index (χ0n) is 17.9. The summed E-state index contributed by atoms with van der Waals surface area (Å²) in [5.41, 5.74) is 3.14. The van der Waals surface area contributed by atoms with Crippen molar-refractivity contribution < 1.29 is 9.59 Å². The van der Waals surface area contributed by atoms with Gasteiger partial charge in [-0.05, 0) is 34.9 Å². The van der Waals surface area contributed by atoms with Gasteiger partial charge in [0.05, 0.1) is 5.92 Å². The van der Waals surface area contributed by atoms with Crippen LogP contribution in [-0.4, -0.2) is 23.2 Å². The van der Waals surface area contributed by atoms with Gasteiger partial charge in [-0.25, -0.2) is 0 Å². The Kier molecular flexibility index (Phi) is 9.14. The van der Waals surface area contributed by atoms with Crippen LogP contribution >= 0.6 is 12.2 Å². The van der Waals surface area contributed by atoms with Crippen LogP contribution in [0.4, 0.5) is 0 Å². The van der Waals surface area contributed by atoms with E-state index < -0.39 is 12.0 Å². The normalized spacial score (nSPS) is 12.4. The Hall–Kier alpha value is -3.31. The first-order valence-electron chi connectivity index (χ1n) is 10.8. The summed E-state index contributed by atoms with van der Waals surface area (Å²) in [4.78, 5) is 26.0. The quantitative estimate of drug-likeness (QED) is 0.434. The van der Waals surface area contributed by atoms with E-state index in [4.69, 9.17) is 12.2 Å². The maximum atomic E-state index is 13.0. The van der Waals surface area contributed by atoms with Gasteiger partial charge in [0.25, 0.3) is 0 Å². The number of hydrogen-bond donors (Lipinski definition) is 2. The number of carbonyl (C=O) groups is 2. The number of rotatable bonds is 11. The topological polar surface area (TPSA) is 58.2 Å². The molecule has 1 unspecified atom stereocenters. The summed E-state index contributed by atoms with van der Waals surface area (Å²) in [6.07, 6.45) is 1.76. The van der Waals surface area contributed by atoms with Crippen LogP contribution in [0.1, 0.15) is 23.1 Å². The Bertz CT molecular complexity index is 994. The van der Waals surface area contributed by atoms with Gasteiger partial charge in [-0.1, -0.05) is 103 Å². The molecule has 0 bridgehead atoms. The highest BCUT2D eigenvalue weighted by Crippen LogP contribution is 2.11. The van der Waals surface area contributed by atoms with E-state index in [1.54, 1.807) is 0 Å². The molecule has 0 saturated heterocycles. The maximum absolute atomic E-state index is 13.0. The van der Waals surface area contributed by atoms with Crippen LogP contribution in [0.3, 0.4) is 0 Å². The van der Waals surface area contributed by atoms with Crippen LogP contribution < -0.4 is 10.6 Å². The molecule has 2 N–H and O–H groups in total. The molecule has 3 aromatic carbocycles. The van der Waals surface area contributed by atoms with Gasteiger partial charge in [-0.15, -0.1) is 0 Å². The number of benzene rings is 3. The van der Waals surface area contributed by atoms with Gasteiger partial charge in [-0.3, -0.25) is 9.59 Å². The standard InChI is InChI=1S/C27H28N2O2S/c30-26(24(20-32)17-16-21-10-4-1-5-11-21)29-25(18-22-12-6-2-7-13-22)27(31)28-19-23-14-8-3-9-15-23/h1-15,20,24-25H,16-19H2,(H,28,31)(H,29,30)/t24?,25-/m0/s1. The lowest BCUT2D eigenvalue weighted by atomic mass is 9.99. The maximum Gasteiger partial charge on any atom is 0.243 e. The number of nitrogens with one attached hydrogen (secondary N) is 2. The number of thiocarbonyl (C=S) groups is 1. The third-order valence-corrected chi connectivity index (χ3v) is 5.64. The van der Waals surface area contributed by atoms with Crippen LogP contribution in [0.15, 0.2) is 91.0 Å². The summed E-state index contributed by atoms with van der Waals surface area (Å²) in [5, 5.41) is 7.39. The SMILES string of the molecule is O=C(N[C@@H](Cc1ccccc1)C(=O)NCc1ccccc1)C(C=S)CCc1ccccc1. The Morgan fingerprint density at radius 2 is 1.28 bits per heavy atom. The summed E-state index contributed by atoms with van der Waals surface area (Å²) in [6, 6.07) is 28.7. The fourth-order valence-corrected chi connectivity index (χ4v) is 3.73. The van der Waals surface area contributed by atoms with Crippen molar-refractivity contribution in [3.05, 3.63) is 108 Å². The molecule has 164 valence electrons. The van der Waals surface area contributed by atoms with Gasteiger partial charge >= 0.3 is 0 Å². The second kappa shape index (κ2) is 12.5. The molecule has 3 rings (SSSR count). The molecule has 2 amide bonds. The minimum Gasteiger partial charge on any atom is -0.350 e. The molecule has 4 nitrogen and oxygen atoms in total. The van der Waals surface area contributed by atoms with Crippen LogP contribution in [0, 0.1) is 5.92 Å². The molecule has 3 aromatic rings. The largest absolute Gasteiger partial charge is 0.350 e. The minimum absolute atomic E-state index is 0.211. The number of carbonyl (C=O) groups excluding carboxylic acids is 2. The minimum atomic E-state index is -0.678. The highest BCUT2D eigenvalue weighted by atomic mass is 32.1. The van der Waals surface area contributed by atoms with Crippen molar-refractivity contribution in [1.29, 1.82) is 0 Å². The zero-order valence-corrected chi connectivity index (χ0v) is 18.8. The van der Waals surface area contributed by atoms with E-state index in [0.717, 1.165) is 23.1 Å². The van der Waals surface area contributed by atoms with Gasteiger partial charge in [0, 0.05) is 13.0 Å². The fraction of sp³-hybridized carbons (Fsp3) is 0.222. The predicted octanol–water partition coefficient (Wildman–Crippen LogP) is 4.28. The van der Waals surface area contributed by atoms with E-state index in [2.05, 4.69) is 10.6 Å². The number of hydrogen-bond acceptors (Lipinski definition) is 3. The summed E-state index contributed by atoms with van der Waals surface area (Å²) in [6.45, 7) is 0.408. The van der Waals surface area contributed by atoms with Crippen molar-refractivity contribution in [2.75, 3.05) is 0 Å². The van der Waals surface area contributed by atoms with E-state index in [-0.39, 0.29) is 11.8 Å². The molecule has 32 heavy (non-hydrogen) atoms. The van der Waals surface area contributed by atoms with E-state index in [9.17, 15) is 9.59 Å². The Morgan fingerprint density at radius 1 is 0.750 bits per heavy atom.